The molecule has 4 aliphatic rings. The van der Waals surface area contributed by atoms with Crippen LogP contribution >= 0.6 is 0 Å². The highest BCUT2D eigenvalue weighted by Gasteiger charge is 2.63. The lowest BCUT2D eigenvalue weighted by molar-refractivity contribution is -0.153. The van der Waals surface area contributed by atoms with Crippen LogP contribution in [-0.4, -0.2) is 71.9 Å². The van der Waals surface area contributed by atoms with Gasteiger partial charge in [-0.25, -0.2) is 14.2 Å². The van der Waals surface area contributed by atoms with Crippen LogP contribution in [0.1, 0.15) is 42.7 Å². The van der Waals surface area contributed by atoms with Gasteiger partial charge in [-0.2, -0.15) is 0 Å². The number of urea groups is 1. The second kappa shape index (κ2) is 7.96. The zero-order chi connectivity index (χ0) is 25.4. The van der Waals surface area contributed by atoms with Crippen molar-refractivity contribution in [2.45, 2.75) is 51.4 Å². The van der Waals surface area contributed by atoms with Crippen LogP contribution in [-0.2, 0) is 25.6 Å². The van der Waals surface area contributed by atoms with E-state index < -0.39 is 47.1 Å². The van der Waals surface area contributed by atoms with Crippen LogP contribution < -0.4 is 15.5 Å². The first-order chi connectivity index (χ1) is 17.2. The number of morpholine rings is 1. The van der Waals surface area contributed by atoms with Gasteiger partial charge >= 0.3 is 6.03 Å². The van der Waals surface area contributed by atoms with Crippen LogP contribution in [0.4, 0.5) is 14.9 Å². The molecule has 2 aromatic rings. The SMILES string of the molecule is C[C@@H]1CN2c3c(cc4c(C(=O)N5CCCCO5)noc4c3F)CC3(C(=O)NC(=O)NC3=O)C2[C@H](C)O1. The minimum Gasteiger partial charge on any atom is -0.372 e. The number of anilines is 1. The van der Waals surface area contributed by atoms with Gasteiger partial charge < -0.3 is 14.2 Å². The lowest BCUT2D eigenvalue weighted by Crippen LogP contribution is -2.75. The number of aromatic nitrogens is 1. The lowest BCUT2D eigenvalue weighted by Gasteiger charge is -2.55. The molecule has 5 amide bonds. The topological polar surface area (TPSA) is 143 Å². The van der Waals surface area contributed by atoms with Gasteiger partial charge in [0.15, 0.2) is 16.9 Å². The summed E-state index contributed by atoms with van der Waals surface area (Å²) in [4.78, 5) is 58.6. The highest BCUT2D eigenvalue weighted by Crippen LogP contribution is 2.49. The van der Waals surface area contributed by atoms with Crippen molar-refractivity contribution in [2.24, 2.45) is 5.41 Å². The Morgan fingerprint density at radius 1 is 1.19 bits per heavy atom. The maximum atomic E-state index is 16.1. The van der Waals surface area contributed by atoms with Gasteiger partial charge in [-0.1, -0.05) is 5.16 Å². The van der Waals surface area contributed by atoms with Crippen LogP contribution in [0, 0.1) is 11.2 Å². The molecule has 0 bridgehead atoms. The summed E-state index contributed by atoms with van der Waals surface area (Å²) in [5.41, 5.74) is -1.63. The quantitative estimate of drug-likeness (QED) is 0.548. The number of carbonyl (C=O) groups excluding carboxylic acids is 4. The summed E-state index contributed by atoms with van der Waals surface area (Å²) in [5, 5.41) is 9.52. The molecule has 0 radical (unpaired) electrons. The summed E-state index contributed by atoms with van der Waals surface area (Å²) in [7, 11) is 0. The third-order valence-corrected chi connectivity index (χ3v) is 7.40. The fraction of sp³-hybridized carbons (Fsp3) is 0.522. The zero-order valence-electron chi connectivity index (χ0n) is 19.6. The first-order valence-corrected chi connectivity index (χ1v) is 11.9. The number of ether oxygens (including phenoxy) is 1. The highest BCUT2D eigenvalue weighted by atomic mass is 19.1. The molecule has 190 valence electrons. The average Bonchev–Trinajstić information content (AvgIpc) is 3.26. The van der Waals surface area contributed by atoms with Crippen LogP contribution in [0.25, 0.3) is 11.0 Å². The molecule has 4 aliphatic heterocycles. The minimum atomic E-state index is -1.77. The number of hydrogen-bond acceptors (Lipinski definition) is 9. The number of imide groups is 2. The maximum Gasteiger partial charge on any atom is 0.328 e. The molecule has 1 aromatic carbocycles. The molecule has 6 rings (SSSR count). The molecule has 1 aromatic heterocycles. The van der Waals surface area contributed by atoms with Gasteiger partial charge in [0.25, 0.3) is 5.91 Å². The molecule has 36 heavy (non-hydrogen) atoms. The maximum absolute atomic E-state index is 16.1. The van der Waals surface area contributed by atoms with E-state index in [4.69, 9.17) is 14.1 Å². The van der Waals surface area contributed by atoms with Crippen LogP contribution in [0.15, 0.2) is 10.6 Å². The van der Waals surface area contributed by atoms with Gasteiger partial charge in [0, 0.05) is 19.5 Å². The summed E-state index contributed by atoms with van der Waals surface area (Å²) in [6.07, 6.45) is 0.365. The number of amides is 5. The Kier molecular flexibility index (Phi) is 5.06. The standard InChI is InChI=1S/C23H24FN5O7/c1-10-9-28-16-12(8-23(18(28)11(2)35-10)20(31)25-22(33)26-21(23)32)7-13-15(27-36-17(13)14(16)24)19(30)29-5-3-4-6-34-29/h7,10-11,18H,3-6,8-9H2,1-2H3,(H2,25,26,31,32,33)/t10-,11+,18?/m1/s1. The molecule has 2 N–H and O–H groups in total. The number of fused-ring (bicyclic) bond motifs is 5. The molecule has 3 fully saturated rings. The van der Waals surface area contributed by atoms with Gasteiger partial charge in [-0.3, -0.25) is 29.9 Å². The Balaban J connectivity index is 1.53. The molecule has 3 saturated heterocycles. The van der Waals surface area contributed by atoms with Crippen molar-refractivity contribution in [1.82, 2.24) is 20.9 Å². The molecular formula is C23H24FN5O7. The fourth-order valence-corrected chi connectivity index (χ4v) is 5.98. The molecule has 13 heteroatoms. The van der Waals surface area contributed by atoms with Gasteiger partial charge in [-0.15, -0.1) is 0 Å². The summed E-state index contributed by atoms with van der Waals surface area (Å²) < 4.78 is 27.3. The number of benzene rings is 1. The second-order valence-electron chi connectivity index (χ2n) is 9.69. The molecule has 0 aliphatic carbocycles. The van der Waals surface area contributed by atoms with Crippen molar-refractivity contribution in [3.8, 4) is 0 Å². The minimum absolute atomic E-state index is 0.112. The van der Waals surface area contributed by atoms with Crippen LogP contribution in [0.3, 0.4) is 0 Å². The molecule has 0 saturated carbocycles. The van der Waals surface area contributed by atoms with E-state index in [2.05, 4.69) is 15.8 Å². The fourth-order valence-electron chi connectivity index (χ4n) is 5.98. The molecular weight excluding hydrogens is 477 g/mol. The normalized spacial score (nSPS) is 27.5. The van der Waals surface area contributed by atoms with Gasteiger partial charge in [0.1, 0.15) is 0 Å². The Morgan fingerprint density at radius 3 is 2.64 bits per heavy atom. The number of hydroxylamine groups is 2. The smallest absolute Gasteiger partial charge is 0.328 e. The van der Waals surface area contributed by atoms with Gasteiger partial charge in [0.05, 0.1) is 35.9 Å². The number of barbiturate groups is 1. The van der Waals surface area contributed by atoms with E-state index >= 15 is 4.39 Å². The van der Waals surface area contributed by atoms with E-state index in [-0.39, 0.29) is 41.4 Å². The molecule has 5 heterocycles. The van der Waals surface area contributed by atoms with E-state index in [0.29, 0.717) is 18.7 Å². The highest BCUT2D eigenvalue weighted by molar-refractivity contribution is 6.20. The van der Waals surface area contributed by atoms with Crippen molar-refractivity contribution in [2.75, 3.05) is 24.6 Å². The number of halogens is 1. The van der Waals surface area contributed by atoms with Crippen molar-refractivity contribution in [3.05, 3.63) is 23.1 Å². The molecule has 3 atom stereocenters. The van der Waals surface area contributed by atoms with Crippen molar-refractivity contribution in [3.63, 3.8) is 0 Å². The van der Waals surface area contributed by atoms with E-state index in [1.165, 1.54) is 11.1 Å². The van der Waals surface area contributed by atoms with E-state index in [1.807, 2.05) is 0 Å². The van der Waals surface area contributed by atoms with Gasteiger partial charge in [0.2, 0.25) is 17.4 Å². The van der Waals surface area contributed by atoms with E-state index in [9.17, 15) is 19.2 Å². The van der Waals surface area contributed by atoms with Crippen LogP contribution in [0.2, 0.25) is 0 Å². The van der Waals surface area contributed by atoms with Crippen molar-refractivity contribution >= 4 is 40.4 Å². The zero-order valence-corrected chi connectivity index (χ0v) is 19.6. The number of nitrogens with zero attached hydrogens (tertiary/aromatic N) is 3. The number of hydrogen-bond donors (Lipinski definition) is 2. The third kappa shape index (κ3) is 3.08. The number of carbonyl (C=O) groups is 4. The Labute approximate surface area is 204 Å². The Morgan fingerprint density at radius 2 is 1.94 bits per heavy atom. The number of nitrogens with one attached hydrogen (secondary N) is 2. The summed E-state index contributed by atoms with van der Waals surface area (Å²) >= 11 is 0. The predicted molar refractivity (Wildman–Crippen MR) is 119 cm³/mol. The molecule has 12 nitrogen and oxygen atoms in total. The molecule has 1 spiro atoms. The van der Waals surface area contributed by atoms with Crippen LogP contribution in [0.5, 0.6) is 0 Å². The van der Waals surface area contributed by atoms with Gasteiger partial charge in [-0.05, 0) is 38.3 Å². The molecule has 1 unspecified atom stereocenters. The third-order valence-electron chi connectivity index (χ3n) is 7.40. The van der Waals surface area contributed by atoms with Crippen molar-refractivity contribution in [1.29, 1.82) is 0 Å². The lowest BCUT2D eigenvalue weighted by atomic mass is 9.66. The first kappa shape index (κ1) is 22.9. The summed E-state index contributed by atoms with van der Waals surface area (Å²) in [5.74, 6) is -2.89. The average molecular weight is 501 g/mol. The monoisotopic (exact) mass is 501 g/mol. The van der Waals surface area contributed by atoms with E-state index in [1.54, 1.807) is 18.7 Å². The Hall–Kier alpha value is -3.58. The predicted octanol–water partition coefficient (Wildman–Crippen LogP) is 1.03. The second-order valence-corrected chi connectivity index (χ2v) is 9.69. The summed E-state index contributed by atoms with van der Waals surface area (Å²) in [6.45, 7) is 4.44. The summed E-state index contributed by atoms with van der Waals surface area (Å²) in [6, 6.07) is -0.283. The van der Waals surface area contributed by atoms with E-state index in [0.717, 1.165) is 12.8 Å². The van der Waals surface area contributed by atoms with Crippen molar-refractivity contribution < 1.29 is 37.7 Å². The first-order valence-electron chi connectivity index (χ1n) is 11.9. The number of rotatable bonds is 1. The largest absolute Gasteiger partial charge is 0.372 e. The Bertz CT molecular complexity index is 1300.